The van der Waals surface area contributed by atoms with Crippen LogP contribution in [0.4, 0.5) is 0 Å². The molecule has 0 aliphatic rings. The maximum Gasteiger partial charge on any atom is 0.146 e. The number of carbonyl (C=O) groups excluding carboxylic acids is 1. The molecule has 0 fully saturated rings. The molecule has 0 heterocycles. The third-order valence-corrected chi connectivity index (χ3v) is 2.61. The second kappa shape index (κ2) is 5.66. The predicted octanol–water partition coefficient (Wildman–Crippen LogP) is 2.10. The van der Waals surface area contributed by atoms with Crippen molar-refractivity contribution >= 4 is 5.78 Å². The zero-order valence-corrected chi connectivity index (χ0v) is 10.0. The van der Waals surface area contributed by atoms with Crippen LogP contribution in [0.2, 0.25) is 0 Å². The lowest BCUT2D eigenvalue weighted by atomic mass is 10.0. The Labute approximate surface area is 96.5 Å². The van der Waals surface area contributed by atoms with Crippen LogP contribution in [0.1, 0.15) is 26.3 Å². The minimum Gasteiger partial charge on any atom is -0.508 e. The van der Waals surface area contributed by atoms with Crippen molar-refractivity contribution in [2.24, 2.45) is 5.92 Å². The van der Waals surface area contributed by atoms with Crippen LogP contribution in [0.3, 0.4) is 0 Å². The van der Waals surface area contributed by atoms with Gasteiger partial charge in [-0.2, -0.15) is 0 Å². The third kappa shape index (κ3) is 3.35. The van der Waals surface area contributed by atoms with Crippen molar-refractivity contribution in [3.63, 3.8) is 0 Å². The SMILES string of the molecule is CC(=O)[C@@H](NCc1ccccc1O)C(C)C. The Kier molecular flexibility index (Phi) is 4.50. The standard InChI is InChI=1S/C13H19NO2/c1-9(2)13(10(3)15)14-8-11-6-4-5-7-12(11)16/h4-7,9,13-14,16H,8H2,1-3H3/t13-/m0/s1. The summed E-state index contributed by atoms with van der Waals surface area (Å²) in [5, 5.41) is 12.7. The van der Waals surface area contributed by atoms with Crippen molar-refractivity contribution in [2.75, 3.05) is 0 Å². The molecular formula is C13H19NO2. The Morgan fingerprint density at radius 1 is 1.38 bits per heavy atom. The lowest BCUT2D eigenvalue weighted by Crippen LogP contribution is -2.39. The van der Waals surface area contributed by atoms with E-state index in [0.29, 0.717) is 6.54 Å². The number of para-hydroxylation sites is 1. The predicted molar refractivity (Wildman–Crippen MR) is 64.3 cm³/mol. The van der Waals surface area contributed by atoms with E-state index in [1.165, 1.54) is 0 Å². The van der Waals surface area contributed by atoms with Crippen molar-refractivity contribution in [3.8, 4) is 5.75 Å². The molecule has 1 aromatic carbocycles. The molecule has 0 bridgehead atoms. The molecule has 3 nitrogen and oxygen atoms in total. The van der Waals surface area contributed by atoms with Crippen LogP contribution >= 0.6 is 0 Å². The van der Waals surface area contributed by atoms with Crippen molar-refractivity contribution < 1.29 is 9.90 Å². The number of benzene rings is 1. The zero-order chi connectivity index (χ0) is 12.1. The van der Waals surface area contributed by atoms with Gasteiger partial charge in [0.2, 0.25) is 0 Å². The van der Waals surface area contributed by atoms with Crippen molar-refractivity contribution in [1.29, 1.82) is 0 Å². The van der Waals surface area contributed by atoms with E-state index in [2.05, 4.69) is 5.32 Å². The van der Waals surface area contributed by atoms with Crippen LogP contribution < -0.4 is 5.32 Å². The molecule has 1 atom stereocenters. The number of ketones is 1. The minimum atomic E-state index is -0.153. The van der Waals surface area contributed by atoms with Gasteiger partial charge in [0.05, 0.1) is 6.04 Å². The number of Topliss-reactive ketones (excluding diaryl/α,β-unsaturated/α-hetero) is 1. The smallest absolute Gasteiger partial charge is 0.146 e. The molecule has 2 N–H and O–H groups in total. The monoisotopic (exact) mass is 221 g/mol. The van der Waals surface area contributed by atoms with E-state index < -0.39 is 0 Å². The molecule has 3 heteroatoms. The highest BCUT2D eigenvalue weighted by molar-refractivity contribution is 5.81. The number of hydrogen-bond donors (Lipinski definition) is 2. The number of phenols is 1. The molecule has 0 saturated heterocycles. The summed E-state index contributed by atoms with van der Waals surface area (Å²) in [5.74, 6) is 0.648. The van der Waals surface area contributed by atoms with Crippen LogP contribution in [0.25, 0.3) is 0 Å². The lowest BCUT2D eigenvalue weighted by Gasteiger charge is -2.19. The van der Waals surface area contributed by atoms with Gasteiger partial charge in [0, 0.05) is 12.1 Å². The van der Waals surface area contributed by atoms with Crippen LogP contribution in [0.15, 0.2) is 24.3 Å². The molecule has 0 aliphatic heterocycles. The highest BCUT2D eigenvalue weighted by Crippen LogP contribution is 2.15. The van der Waals surface area contributed by atoms with Gasteiger partial charge in [0.25, 0.3) is 0 Å². The molecule has 0 spiro atoms. The Morgan fingerprint density at radius 2 is 2.00 bits per heavy atom. The summed E-state index contributed by atoms with van der Waals surface area (Å²) in [6.07, 6.45) is 0. The Morgan fingerprint density at radius 3 is 2.50 bits per heavy atom. The first-order valence-electron chi connectivity index (χ1n) is 5.53. The Balaban J connectivity index is 2.63. The molecule has 0 radical (unpaired) electrons. The summed E-state index contributed by atoms with van der Waals surface area (Å²) in [6, 6.07) is 6.99. The summed E-state index contributed by atoms with van der Waals surface area (Å²) in [5.41, 5.74) is 0.814. The third-order valence-electron chi connectivity index (χ3n) is 2.61. The average Bonchev–Trinajstić information content (AvgIpc) is 2.20. The van der Waals surface area contributed by atoms with Crippen LogP contribution in [-0.4, -0.2) is 16.9 Å². The zero-order valence-electron chi connectivity index (χ0n) is 10.0. The van der Waals surface area contributed by atoms with E-state index in [1.54, 1.807) is 19.1 Å². The van der Waals surface area contributed by atoms with Gasteiger partial charge < -0.3 is 10.4 Å². The quantitative estimate of drug-likeness (QED) is 0.800. The second-order valence-electron chi connectivity index (χ2n) is 4.34. The van der Waals surface area contributed by atoms with Gasteiger partial charge in [-0.1, -0.05) is 32.0 Å². The fourth-order valence-corrected chi connectivity index (χ4v) is 1.73. The molecule has 0 aromatic heterocycles. The van der Waals surface area contributed by atoms with E-state index in [4.69, 9.17) is 0 Å². The maximum absolute atomic E-state index is 11.4. The van der Waals surface area contributed by atoms with Crippen LogP contribution in [0, 0.1) is 5.92 Å². The van der Waals surface area contributed by atoms with Gasteiger partial charge in [-0.3, -0.25) is 4.79 Å². The number of nitrogens with one attached hydrogen (secondary N) is 1. The summed E-state index contributed by atoms with van der Waals surface area (Å²) >= 11 is 0. The van der Waals surface area contributed by atoms with Crippen LogP contribution in [0.5, 0.6) is 5.75 Å². The van der Waals surface area contributed by atoms with Gasteiger partial charge in [0.1, 0.15) is 11.5 Å². The first-order valence-corrected chi connectivity index (χ1v) is 5.53. The van der Waals surface area contributed by atoms with E-state index in [-0.39, 0.29) is 23.5 Å². The number of rotatable bonds is 5. The second-order valence-corrected chi connectivity index (χ2v) is 4.34. The highest BCUT2D eigenvalue weighted by Gasteiger charge is 2.17. The van der Waals surface area contributed by atoms with Gasteiger partial charge in [-0.25, -0.2) is 0 Å². The van der Waals surface area contributed by atoms with Crippen molar-refractivity contribution in [1.82, 2.24) is 5.32 Å². The van der Waals surface area contributed by atoms with Crippen LogP contribution in [-0.2, 0) is 11.3 Å². The first-order chi connectivity index (χ1) is 7.52. The molecule has 0 unspecified atom stereocenters. The summed E-state index contributed by atoms with van der Waals surface area (Å²) in [7, 11) is 0. The number of aromatic hydroxyl groups is 1. The topological polar surface area (TPSA) is 49.3 Å². The lowest BCUT2D eigenvalue weighted by molar-refractivity contribution is -0.120. The van der Waals surface area contributed by atoms with Crippen molar-refractivity contribution in [3.05, 3.63) is 29.8 Å². The summed E-state index contributed by atoms with van der Waals surface area (Å²) in [6.45, 7) is 6.10. The van der Waals surface area contributed by atoms with E-state index in [9.17, 15) is 9.90 Å². The van der Waals surface area contributed by atoms with Gasteiger partial charge >= 0.3 is 0 Å². The molecule has 0 aliphatic carbocycles. The van der Waals surface area contributed by atoms with Gasteiger partial charge in [-0.15, -0.1) is 0 Å². The molecular weight excluding hydrogens is 202 g/mol. The maximum atomic E-state index is 11.4. The number of carbonyl (C=O) groups is 1. The molecule has 1 aromatic rings. The molecule has 1 rings (SSSR count). The Bertz CT molecular complexity index is 361. The van der Waals surface area contributed by atoms with E-state index in [1.807, 2.05) is 26.0 Å². The first kappa shape index (κ1) is 12.7. The van der Waals surface area contributed by atoms with E-state index >= 15 is 0 Å². The molecule has 0 saturated carbocycles. The van der Waals surface area contributed by atoms with E-state index in [0.717, 1.165) is 5.56 Å². The molecule has 88 valence electrons. The Hall–Kier alpha value is -1.35. The van der Waals surface area contributed by atoms with Gasteiger partial charge in [0.15, 0.2) is 0 Å². The van der Waals surface area contributed by atoms with Gasteiger partial charge in [-0.05, 0) is 18.9 Å². The fourth-order valence-electron chi connectivity index (χ4n) is 1.73. The normalized spacial score (nSPS) is 12.8. The summed E-state index contributed by atoms with van der Waals surface area (Å²) < 4.78 is 0. The average molecular weight is 221 g/mol. The highest BCUT2D eigenvalue weighted by atomic mass is 16.3. The number of phenolic OH excluding ortho intramolecular Hbond substituents is 1. The number of hydrogen-bond acceptors (Lipinski definition) is 3. The van der Waals surface area contributed by atoms with Crippen molar-refractivity contribution in [2.45, 2.75) is 33.4 Å². The summed E-state index contributed by atoms with van der Waals surface area (Å²) in [4.78, 5) is 11.4. The largest absolute Gasteiger partial charge is 0.508 e. The molecule has 16 heavy (non-hydrogen) atoms. The minimum absolute atomic E-state index is 0.130. The fraction of sp³-hybridized carbons (Fsp3) is 0.462. The molecule has 0 amide bonds.